The van der Waals surface area contributed by atoms with Crippen LogP contribution in [-0.2, 0) is 56.8 Å². The fraction of sp³-hybridized carbons (Fsp3) is 0.590. The summed E-state index contributed by atoms with van der Waals surface area (Å²) in [6, 6.07) is 9.41. The van der Waals surface area contributed by atoms with Crippen LogP contribution in [0.5, 0.6) is 0 Å². The van der Waals surface area contributed by atoms with E-state index in [0.717, 1.165) is 23.0 Å². The fourth-order valence-electron chi connectivity index (χ4n) is 6.62. The number of halogens is 6. The number of carbonyl (C=O) groups is 4. The zero-order chi connectivity index (χ0) is 47.5. The Labute approximate surface area is 356 Å². The second kappa shape index (κ2) is 18.6. The lowest BCUT2D eigenvalue weighted by Gasteiger charge is -2.44. The molecule has 4 rings (SSSR count). The van der Waals surface area contributed by atoms with Gasteiger partial charge in [0, 0.05) is 12.0 Å². The Balaban J connectivity index is 0.000000742. The SMILES string of the molecule is CC(C)(C)OC(=O)NS(C)(=O)=O.C[C@@H](OCC1(c2ccccc2)CCC2(CC1)NC(=O)N(CCN(C(=O)OC(C)(C)C)S(C)(=O)=O)C2=O)c1cc(C(F)(F)F)cc(C(F)(F)F)c1. The summed E-state index contributed by atoms with van der Waals surface area (Å²) in [5.41, 5.74) is -6.37. The lowest BCUT2D eigenvalue weighted by molar-refractivity contribution is -0.143. The van der Waals surface area contributed by atoms with Gasteiger partial charge in [-0.2, -0.15) is 26.3 Å². The molecule has 1 saturated carbocycles. The van der Waals surface area contributed by atoms with Gasteiger partial charge in [0.25, 0.3) is 5.91 Å². The molecule has 5 amide bonds. The molecule has 2 aromatic carbocycles. The van der Waals surface area contributed by atoms with Gasteiger partial charge in [0.05, 0.1) is 42.9 Å². The van der Waals surface area contributed by atoms with E-state index in [1.54, 1.807) is 76.6 Å². The zero-order valence-corrected chi connectivity index (χ0v) is 37.2. The first-order valence-electron chi connectivity index (χ1n) is 19.0. The largest absolute Gasteiger partial charge is 0.443 e. The highest BCUT2D eigenvalue weighted by Crippen LogP contribution is 2.46. The molecule has 2 N–H and O–H groups in total. The number of benzene rings is 2. The molecule has 0 radical (unpaired) electrons. The molecular formula is C39H52F6N4O11S2. The molecule has 0 aromatic heterocycles. The van der Waals surface area contributed by atoms with E-state index in [-0.39, 0.29) is 43.9 Å². The maximum Gasteiger partial charge on any atom is 0.424 e. The van der Waals surface area contributed by atoms with E-state index in [2.05, 4.69) is 10.1 Å². The minimum Gasteiger partial charge on any atom is -0.443 e. The van der Waals surface area contributed by atoms with E-state index in [1.807, 2.05) is 0 Å². The predicted molar refractivity (Wildman–Crippen MR) is 212 cm³/mol. The van der Waals surface area contributed by atoms with E-state index in [0.29, 0.717) is 16.4 Å². The number of alkyl halides is 6. The highest BCUT2D eigenvalue weighted by atomic mass is 32.2. The van der Waals surface area contributed by atoms with Crippen LogP contribution in [-0.4, -0.2) is 99.1 Å². The Morgan fingerprint density at radius 3 is 1.76 bits per heavy atom. The number of nitrogens with one attached hydrogen (secondary N) is 2. The lowest BCUT2D eigenvalue weighted by atomic mass is 9.64. The Hall–Kier alpha value is -4.64. The van der Waals surface area contributed by atoms with Gasteiger partial charge in [0.2, 0.25) is 20.0 Å². The molecule has 1 atom stereocenters. The number of ether oxygens (including phenoxy) is 3. The summed E-state index contributed by atoms with van der Waals surface area (Å²) < 4.78 is 145. The molecule has 23 heteroatoms. The highest BCUT2D eigenvalue weighted by Gasteiger charge is 2.55. The minimum atomic E-state index is -5.02. The molecule has 2 fully saturated rings. The summed E-state index contributed by atoms with van der Waals surface area (Å²) in [6.07, 6.45) is -11.0. The fourth-order valence-corrected chi connectivity index (χ4v) is 7.69. The van der Waals surface area contributed by atoms with Crippen LogP contribution in [0.2, 0.25) is 0 Å². The lowest BCUT2D eigenvalue weighted by Crippen LogP contribution is -2.53. The van der Waals surface area contributed by atoms with Crippen molar-refractivity contribution in [2.45, 2.75) is 115 Å². The van der Waals surface area contributed by atoms with Crippen LogP contribution in [0.4, 0.5) is 40.7 Å². The Bertz CT molecular complexity index is 2150. The second-order valence-electron chi connectivity index (χ2n) is 17.1. The molecule has 62 heavy (non-hydrogen) atoms. The number of urea groups is 1. The third-order valence-electron chi connectivity index (χ3n) is 9.57. The zero-order valence-electron chi connectivity index (χ0n) is 35.6. The average molecular weight is 931 g/mol. The van der Waals surface area contributed by atoms with E-state index < -0.39 is 109 Å². The number of amides is 5. The van der Waals surface area contributed by atoms with Crippen LogP contribution in [0.1, 0.15) is 103 Å². The van der Waals surface area contributed by atoms with Crippen molar-refractivity contribution >= 4 is 44.2 Å². The maximum absolute atomic E-state index is 13.7. The average Bonchev–Trinajstić information content (AvgIpc) is 3.32. The third kappa shape index (κ3) is 14.5. The van der Waals surface area contributed by atoms with Gasteiger partial charge < -0.3 is 19.5 Å². The summed E-state index contributed by atoms with van der Waals surface area (Å²) in [5, 5.41) is 2.72. The summed E-state index contributed by atoms with van der Waals surface area (Å²) >= 11 is 0. The van der Waals surface area contributed by atoms with Gasteiger partial charge in [-0.05, 0) is 103 Å². The molecule has 2 aliphatic rings. The minimum absolute atomic E-state index is 0.0503. The van der Waals surface area contributed by atoms with Crippen molar-refractivity contribution in [2.75, 3.05) is 32.2 Å². The van der Waals surface area contributed by atoms with Gasteiger partial charge in [0.1, 0.15) is 16.7 Å². The molecule has 15 nitrogen and oxygen atoms in total. The third-order valence-corrected chi connectivity index (χ3v) is 11.2. The smallest absolute Gasteiger partial charge is 0.424 e. The van der Waals surface area contributed by atoms with E-state index in [1.165, 1.54) is 6.92 Å². The van der Waals surface area contributed by atoms with Crippen LogP contribution >= 0.6 is 0 Å². The molecule has 1 aliphatic carbocycles. The monoisotopic (exact) mass is 930 g/mol. The van der Waals surface area contributed by atoms with Crippen molar-refractivity contribution < 1.29 is 76.6 Å². The summed E-state index contributed by atoms with van der Waals surface area (Å²) in [6.45, 7) is 9.82. The number of carbonyl (C=O) groups excluding carboxylic acids is 4. The number of rotatable bonds is 10. The summed E-state index contributed by atoms with van der Waals surface area (Å²) in [5.74, 6) is -0.625. The van der Waals surface area contributed by atoms with Crippen molar-refractivity contribution in [3.05, 3.63) is 70.8 Å². The van der Waals surface area contributed by atoms with E-state index in [4.69, 9.17) is 9.47 Å². The van der Waals surface area contributed by atoms with Crippen molar-refractivity contribution in [3.8, 4) is 0 Å². The summed E-state index contributed by atoms with van der Waals surface area (Å²) in [4.78, 5) is 51.0. The van der Waals surface area contributed by atoms with Crippen molar-refractivity contribution in [3.63, 3.8) is 0 Å². The van der Waals surface area contributed by atoms with Crippen LogP contribution in [0, 0.1) is 0 Å². The van der Waals surface area contributed by atoms with Gasteiger partial charge in [-0.25, -0.2) is 40.2 Å². The highest BCUT2D eigenvalue weighted by molar-refractivity contribution is 7.89. The first kappa shape index (κ1) is 51.7. The molecule has 1 spiro atoms. The molecular weight excluding hydrogens is 879 g/mol. The summed E-state index contributed by atoms with van der Waals surface area (Å²) in [7, 11) is -7.65. The number of hydrogen-bond donors (Lipinski definition) is 2. The second-order valence-corrected chi connectivity index (χ2v) is 20.8. The van der Waals surface area contributed by atoms with Gasteiger partial charge in [-0.15, -0.1) is 0 Å². The first-order valence-corrected chi connectivity index (χ1v) is 22.7. The van der Waals surface area contributed by atoms with Crippen molar-refractivity contribution in [2.24, 2.45) is 0 Å². The Morgan fingerprint density at radius 2 is 1.32 bits per heavy atom. The number of nitrogens with zero attached hydrogens (tertiary/aromatic N) is 2. The van der Waals surface area contributed by atoms with Crippen LogP contribution in [0.25, 0.3) is 0 Å². The molecule has 1 saturated heterocycles. The van der Waals surface area contributed by atoms with Crippen LogP contribution < -0.4 is 10.0 Å². The normalized spacial score (nSPS) is 20.5. The van der Waals surface area contributed by atoms with Gasteiger partial charge in [0.15, 0.2) is 0 Å². The number of sulfonamides is 2. The van der Waals surface area contributed by atoms with Crippen molar-refractivity contribution in [1.29, 1.82) is 0 Å². The van der Waals surface area contributed by atoms with Gasteiger partial charge in [-0.3, -0.25) is 9.69 Å². The molecule has 0 unspecified atom stereocenters. The topological polar surface area (TPSA) is 195 Å². The van der Waals surface area contributed by atoms with Gasteiger partial charge in [-0.1, -0.05) is 30.3 Å². The molecule has 2 aromatic rings. The Morgan fingerprint density at radius 1 is 0.823 bits per heavy atom. The van der Waals surface area contributed by atoms with Crippen LogP contribution in [0.3, 0.4) is 0 Å². The predicted octanol–water partition coefficient (Wildman–Crippen LogP) is 7.27. The number of hydrogen-bond acceptors (Lipinski definition) is 11. The molecule has 0 bridgehead atoms. The van der Waals surface area contributed by atoms with Crippen LogP contribution in [0.15, 0.2) is 48.5 Å². The van der Waals surface area contributed by atoms with E-state index in [9.17, 15) is 62.4 Å². The maximum atomic E-state index is 13.7. The van der Waals surface area contributed by atoms with E-state index >= 15 is 0 Å². The standard InChI is InChI=1S/C33H39F6N3O7S.C6H13NO4S/c1-21(22-17-24(32(34,35)36)19-25(18-22)33(37,38)39)48-20-30(23-9-7-6-8-10-23)11-13-31(14-12-30)26(43)41(27(44)40-31)15-16-42(50(5,46)47)28(45)49-29(2,3)4;1-6(2,3)11-5(8)7-12(4,9)10/h6-10,17-19,21H,11-16,20H2,1-5H3,(H,40,44);1-4H3,(H,7,8)/t21-,30?,31?;/m1./s1. The quantitative estimate of drug-likeness (QED) is 0.180. The first-order chi connectivity index (χ1) is 28.0. The Kier molecular flexibility index (Phi) is 15.5. The van der Waals surface area contributed by atoms with Gasteiger partial charge >= 0.3 is 30.6 Å². The number of imide groups is 1. The molecule has 348 valence electrons. The van der Waals surface area contributed by atoms with Crippen molar-refractivity contribution in [1.82, 2.24) is 19.2 Å². The molecule has 1 heterocycles. The molecule has 1 aliphatic heterocycles.